The van der Waals surface area contributed by atoms with Crippen LogP contribution in [0.2, 0.25) is 0 Å². The topological polar surface area (TPSA) is 48.9 Å². The van der Waals surface area contributed by atoms with Gasteiger partial charge in [-0.1, -0.05) is 26.7 Å². The van der Waals surface area contributed by atoms with E-state index in [1.165, 1.54) is 19.3 Å². The molecule has 5 nitrogen and oxygen atoms in total. The number of halogens is 1. The van der Waals surface area contributed by atoms with Crippen molar-refractivity contribution in [2.45, 2.75) is 33.1 Å². The molecule has 0 aromatic carbocycles. The zero-order valence-corrected chi connectivity index (χ0v) is 16.2. The summed E-state index contributed by atoms with van der Waals surface area (Å²) < 4.78 is 5.37. The first-order valence-corrected chi connectivity index (χ1v) is 8.00. The molecule has 0 aromatic heterocycles. The monoisotopic (exact) mass is 412 g/mol. The normalized spacial score (nSPS) is 18.0. The maximum atomic E-state index is 5.37. The molecule has 0 bridgehead atoms. The van der Waals surface area contributed by atoms with Gasteiger partial charge in [-0.2, -0.15) is 0 Å². The van der Waals surface area contributed by atoms with E-state index in [-0.39, 0.29) is 24.0 Å². The van der Waals surface area contributed by atoms with Crippen LogP contribution in [0.3, 0.4) is 0 Å². The van der Waals surface area contributed by atoms with Crippen molar-refractivity contribution in [3.05, 3.63) is 0 Å². The van der Waals surface area contributed by atoms with Gasteiger partial charge in [-0.05, 0) is 12.3 Å². The molecule has 1 heterocycles. The highest BCUT2D eigenvalue weighted by atomic mass is 127. The van der Waals surface area contributed by atoms with E-state index >= 15 is 0 Å². The first-order chi connectivity index (χ1) is 9.76. The molecule has 0 aliphatic carbocycles. The molecule has 126 valence electrons. The van der Waals surface area contributed by atoms with Gasteiger partial charge in [0.25, 0.3) is 0 Å². The molecule has 0 saturated carbocycles. The van der Waals surface area contributed by atoms with Crippen LogP contribution in [0.1, 0.15) is 33.1 Å². The third-order valence-electron chi connectivity index (χ3n) is 3.59. The summed E-state index contributed by atoms with van der Waals surface area (Å²) in [7, 11) is 1.84. The molecule has 0 radical (unpaired) electrons. The Bertz CT molecular complexity index is 270. The SMILES string of the molecule is CCCCCNC(=NC)NCC(C)CN1CCOCC1.I. The lowest BCUT2D eigenvalue weighted by Crippen LogP contribution is -2.44. The van der Waals surface area contributed by atoms with E-state index in [1.807, 2.05) is 7.05 Å². The van der Waals surface area contributed by atoms with Gasteiger partial charge in [-0.3, -0.25) is 9.89 Å². The number of nitrogens with zero attached hydrogens (tertiary/aromatic N) is 2. The van der Waals surface area contributed by atoms with Gasteiger partial charge >= 0.3 is 0 Å². The van der Waals surface area contributed by atoms with Crippen molar-refractivity contribution in [1.29, 1.82) is 0 Å². The molecule has 1 unspecified atom stereocenters. The van der Waals surface area contributed by atoms with E-state index in [9.17, 15) is 0 Å². The molecule has 1 fully saturated rings. The Hall–Kier alpha value is -0.0800. The van der Waals surface area contributed by atoms with Gasteiger partial charge in [0, 0.05) is 39.8 Å². The van der Waals surface area contributed by atoms with Crippen molar-refractivity contribution in [1.82, 2.24) is 15.5 Å². The second-order valence-electron chi connectivity index (χ2n) is 5.61. The summed E-state index contributed by atoms with van der Waals surface area (Å²) in [4.78, 5) is 6.74. The van der Waals surface area contributed by atoms with E-state index in [0.29, 0.717) is 5.92 Å². The van der Waals surface area contributed by atoms with E-state index in [4.69, 9.17) is 4.74 Å². The lowest BCUT2D eigenvalue weighted by Gasteiger charge is -2.29. The first kappa shape index (κ1) is 20.9. The van der Waals surface area contributed by atoms with Gasteiger partial charge in [0.15, 0.2) is 5.96 Å². The van der Waals surface area contributed by atoms with Crippen molar-refractivity contribution < 1.29 is 4.74 Å². The molecule has 0 amide bonds. The maximum Gasteiger partial charge on any atom is 0.190 e. The Kier molecular flexibility index (Phi) is 13.5. The van der Waals surface area contributed by atoms with E-state index in [1.54, 1.807) is 0 Å². The van der Waals surface area contributed by atoms with Crippen LogP contribution < -0.4 is 10.6 Å². The summed E-state index contributed by atoms with van der Waals surface area (Å²) in [6.45, 7) is 11.5. The lowest BCUT2D eigenvalue weighted by molar-refractivity contribution is 0.0320. The summed E-state index contributed by atoms with van der Waals surface area (Å²) in [5.74, 6) is 1.54. The summed E-state index contributed by atoms with van der Waals surface area (Å²) in [6.07, 6.45) is 3.74. The van der Waals surface area contributed by atoms with Crippen LogP contribution in [0.15, 0.2) is 4.99 Å². The standard InChI is InChI=1S/C15H32N4O.HI/c1-4-5-6-7-17-15(16-3)18-12-14(2)13-19-8-10-20-11-9-19;/h14H,4-13H2,1-3H3,(H2,16,17,18);1H. The van der Waals surface area contributed by atoms with E-state index in [0.717, 1.165) is 51.9 Å². The molecule has 1 saturated heterocycles. The minimum atomic E-state index is 0. The van der Waals surface area contributed by atoms with Crippen molar-refractivity contribution in [2.75, 3.05) is 53.0 Å². The summed E-state index contributed by atoms with van der Waals surface area (Å²) >= 11 is 0. The highest BCUT2D eigenvalue weighted by Crippen LogP contribution is 2.02. The van der Waals surface area contributed by atoms with Gasteiger partial charge in [-0.25, -0.2) is 0 Å². The number of unbranched alkanes of at least 4 members (excludes halogenated alkanes) is 2. The Morgan fingerprint density at radius 1 is 1.24 bits per heavy atom. The summed E-state index contributed by atoms with van der Waals surface area (Å²) in [5.41, 5.74) is 0. The maximum absolute atomic E-state index is 5.37. The number of morpholine rings is 1. The predicted molar refractivity (Wildman–Crippen MR) is 101 cm³/mol. The number of aliphatic imine (C=N–C) groups is 1. The number of hydrogen-bond donors (Lipinski definition) is 2. The summed E-state index contributed by atoms with van der Waals surface area (Å²) in [5, 5.41) is 6.79. The third-order valence-corrected chi connectivity index (χ3v) is 3.59. The fourth-order valence-electron chi connectivity index (χ4n) is 2.36. The molecule has 1 aliphatic rings. The van der Waals surface area contributed by atoms with Crippen LogP contribution in [0.25, 0.3) is 0 Å². The van der Waals surface area contributed by atoms with Gasteiger partial charge in [0.05, 0.1) is 13.2 Å². The quantitative estimate of drug-likeness (QED) is 0.277. The molecule has 21 heavy (non-hydrogen) atoms. The molecular formula is C15H33IN4O. The Balaban J connectivity index is 0.00000400. The van der Waals surface area contributed by atoms with Crippen molar-refractivity contribution >= 4 is 29.9 Å². The number of ether oxygens (including phenoxy) is 1. The van der Waals surface area contributed by atoms with Crippen molar-refractivity contribution in [3.8, 4) is 0 Å². The Morgan fingerprint density at radius 2 is 1.95 bits per heavy atom. The predicted octanol–water partition coefficient (Wildman–Crippen LogP) is 1.93. The van der Waals surface area contributed by atoms with Crippen LogP contribution >= 0.6 is 24.0 Å². The zero-order chi connectivity index (χ0) is 14.6. The minimum absolute atomic E-state index is 0. The third kappa shape index (κ3) is 10.3. The lowest BCUT2D eigenvalue weighted by atomic mass is 10.1. The minimum Gasteiger partial charge on any atom is -0.379 e. The molecule has 1 aliphatic heterocycles. The van der Waals surface area contributed by atoms with Gasteiger partial charge < -0.3 is 15.4 Å². The van der Waals surface area contributed by atoms with Crippen LogP contribution in [-0.4, -0.2) is 63.8 Å². The number of nitrogens with one attached hydrogen (secondary N) is 2. The average molecular weight is 412 g/mol. The molecule has 1 rings (SSSR count). The zero-order valence-electron chi connectivity index (χ0n) is 13.9. The smallest absolute Gasteiger partial charge is 0.190 e. The second kappa shape index (κ2) is 13.6. The second-order valence-corrected chi connectivity index (χ2v) is 5.61. The average Bonchev–Trinajstić information content (AvgIpc) is 2.47. The molecule has 2 N–H and O–H groups in total. The molecule has 0 spiro atoms. The summed E-state index contributed by atoms with van der Waals surface area (Å²) in [6, 6.07) is 0. The van der Waals surface area contributed by atoms with Crippen LogP contribution in [0.4, 0.5) is 0 Å². The number of rotatable bonds is 8. The Labute approximate surface area is 147 Å². The molecule has 0 aromatic rings. The molecule has 6 heteroatoms. The van der Waals surface area contributed by atoms with Gasteiger partial charge in [-0.15, -0.1) is 24.0 Å². The fourth-order valence-corrected chi connectivity index (χ4v) is 2.36. The molecular weight excluding hydrogens is 379 g/mol. The van der Waals surface area contributed by atoms with Gasteiger partial charge in [0.1, 0.15) is 0 Å². The number of guanidine groups is 1. The van der Waals surface area contributed by atoms with Crippen LogP contribution in [-0.2, 0) is 4.74 Å². The fraction of sp³-hybridized carbons (Fsp3) is 0.933. The van der Waals surface area contributed by atoms with E-state index in [2.05, 4.69) is 34.4 Å². The first-order valence-electron chi connectivity index (χ1n) is 8.00. The van der Waals surface area contributed by atoms with Crippen LogP contribution in [0.5, 0.6) is 0 Å². The largest absolute Gasteiger partial charge is 0.379 e. The van der Waals surface area contributed by atoms with Gasteiger partial charge in [0.2, 0.25) is 0 Å². The van der Waals surface area contributed by atoms with Crippen molar-refractivity contribution in [3.63, 3.8) is 0 Å². The Morgan fingerprint density at radius 3 is 2.57 bits per heavy atom. The highest BCUT2D eigenvalue weighted by molar-refractivity contribution is 14.0. The number of hydrogen-bond acceptors (Lipinski definition) is 3. The van der Waals surface area contributed by atoms with Crippen molar-refractivity contribution in [2.24, 2.45) is 10.9 Å². The highest BCUT2D eigenvalue weighted by Gasteiger charge is 2.13. The van der Waals surface area contributed by atoms with Crippen LogP contribution in [0, 0.1) is 5.92 Å². The molecule has 1 atom stereocenters. The van der Waals surface area contributed by atoms with E-state index < -0.39 is 0 Å².